The molecule has 0 spiro atoms. The predicted molar refractivity (Wildman–Crippen MR) is 67.9 cm³/mol. The molecule has 2 aliphatic rings. The molecule has 1 aliphatic carbocycles. The van der Waals surface area contributed by atoms with Gasteiger partial charge in [0.1, 0.15) is 11.6 Å². The van der Waals surface area contributed by atoms with Crippen molar-refractivity contribution in [2.24, 2.45) is 5.92 Å². The van der Waals surface area contributed by atoms with E-state index in [1.807, 2.05) is 20.8 Å². The zero-order chi connectivity index (χ0) is 13.3. The van der Waals surface area contributed by atoms with Crippen LogP contribution >= 0.6 is 0 Å². The molecule has 2 rings (SSSR count). The lowest BCUT2D eigenvalue weighted by Crippen LogP contribution is -2.47. The molecule has 1 atom stereocenters. The Balaban J connectivity index is 1.98. The van der Waals surface area contributed by atoms with Gasteiger partial charge in [-0.1, -0.05) is 6.42 Å². The van der Waals surface area contributed by atoms with Crippen molar-refractivity contribution in [1.29, 1.82) is 0 Å². The summed E-state index contributed by atoms with van der Waals surface area (Å²) in [4.78, 5) is 26.1. The van der Waals surface area contributed by atoms with Crippen molar-refractivity contribution in [3.05, 3.63) is 0 Å². The maximum atomic E-state index is 12.2. The summed E-state index contributed by atoms with van der Waals surface area (Å²) in [5.74, 6) is 0.0790. The second kappa shape index (κ2) is 4.90. The van der Waals surface area contributed by atoms with Crippen molar-refractivity contribution in [2.45, 2.75) is 64.5 Å². The van der Waals surface area contributed by atoms with Gasteiger partial charge in [0.15, 0.2) is 0 Å². The zero-order valence-electron chi connectivity index (χ0n) is 11.6. The maximum Gasteiger partial charge on any atom is 0.329 e. The summed E-state index contributed by atoms with van der Waals surface area (Å²) in [6.07, 6.45) is 4.75. The van der Waals surface area contributed by atoms with Crippen LogP contribution in [0.3, 0.4) is 0 Å². The lowest BCUT2D eigenvalue weighted by Gasteiger charge is -2.33. The quantitative estimate of drug-likeness (QED) is 0.708. The first-order valence-electron chi connectivity index (χ1n) is 6.92. The molecule has 1 aliphatic heterocycles. The number of hydrogen-bond acceptors (Lipinski definition) is 3. The van der Waals surface area contributed by atoms with Gasteiger partial charge in [-0.05, 0) is 46.5 Å². The third-order valence-corrected chi connectivity index (χ3v) is 3.67. The van der Waals surface area contributed by atoms with Crippen LogP contribution in [0.25, 0.3) is 0 Å². The molecular formula is C14H23NO3. The molecule has 0 aromatic rings. The zero-order valence-corrected chi connectivity index (χ0v) is 11.6. The Morgan fingerprint density at radius 2 is 1.78 bits per heavy atom. The number of esters is 1. The van der Waals surface area contributed by atoms with Gasteiger partial charge in [0.05, 0.1) is 0 Å². The Hall–Kier alpha value is -1.06. The van der Waals surface area contributed by atoms with Gasteiger partial charge >= 0.3 is 5.97 Å². The van der Waals surface area contributed by atoms with Gasteiger partial charge in [-0.2, -0.15) is 0 Å². The van der Waals surface area contributed by atoms with Crippen LogP contribution in [0.5, 0.6) is 0 Å². The van der Waals surface area contributed by atoms with Crippen LogP contribution in [0.1, 0.15) is 52.9 Å². The van der Waals surface area contributed by atoms with Crippen molar-refractivity contribution in [3.63, 3.8) is 0 Å². The molecule has 4 heteroatoms. The Morgan fingerprint density at radius 3 is 2.28 bits per heavy atom. The second-order valence-corrected chi connectivity index (χ2v) is 6.35. The predicted octanol–water partition coefficient (Wildman–Crippen LogP) is 2.12. The lowest BCUT2D eigenvalue weighted by atomic mass is 9.84. The molecule has 0 bridgehead atoms. The normalized spacial score (nSPS) is 24.8. The van der Waals surface area contributed by atoms with Crippen LogP contribution < -0.4 is 0 Å². The maximum absolute atomic E-state index is 12.2. The summed E-state index contributed by atoms with van der Waals surface area (Å²) in [6.45, 7) is 6.28. The molecule has 18 heavy (non-hydrogen) atoms. The summed E-state index contributed by atoms with van der Waals surface area (Å²) in [7, 11) is 0. The molecule has 1 saturated heterocycles. The average molecular weight is 253 g/mol. The molecule has 1 amide bonds. The van der Waals surface area contributed by atoms with Gasteiger partial charge in [0.2, 0.25) is 5.91 Å². The Morgan fingerprint density at radius 1 is 1.11 bits per heavy atom. The summed E-state index contributed by atoms with van der Waals surface area (Å²) in [5, 5.41) is 0. The summed E-state index contributed by atoms with van der Waals surface area (Å²) < 4.78 is 5.40. The summed E-state index contributed by atoms with van der Waals surface area (Å²) in [5.41, 5.74) is -0.481. The highest BCUT2D eigenvalue weighted by Crippen LogP contribution is 2.31. The molecule has 0 aromatic carbocycles. The van der Waals surface area contributed by atoms with Crippen LogP contribution in [-0.4, -0.2) is 35.0 Å². The largest absolute Gasteiger partial charge is 0.458 e. The number of nitrogens with zero attached hydrogens (tertiary/aromatic N) is 1. The van der Waals surface area contributed by atoms with E-state index in [1.165, 1.54) is 0 Å². The van der Waals surface area contributed by atoms with Gasteiger partial charge in [0.25, 0.3) is 0 Å². The minimum Gasteiger partial charge on any atom is -0.458 e. The van der Waals surface area contributed by atoms with Crippen LogP contribution in [-0.2, 0) is 14.3 Å². The SMILES string of the molecule is CC(C)(C)OC(=O)[C@H]1CCCN1C(=O)C1CCC1. The molecular weight excluding hydrogens is 230 g/mol. The van der Waals surface area contributed by atoms with E-state index in [9.17, 15) is 9.59 Å². The molecule has 4 nitrogen and oxygen atoms in total. The van der Waals surface area contributed by atoms with E-state index in [4.69, 9.17) is 4.74 Å². The number of amides is 1. The number of likely N-dealkylation sites (tertiary alicyclic amines) is 1. The highest BCUT2D eigenvalue weighted by Gasteiger charge is 2.40. The fraction of sp³-hybridized carbons (Fsp3) is 0.857. The monoisotopic (exact) mass is 253 g/mol. The van der Waals surface area contributed by atoms with E-state index >= 15 is 0 Å². The Labute approximate surface area is 109 Å². The molecule has 0 aromatic heterocycles. The van der Waals surface area contributed by atoms with E-state index in [1.54, 1.807) is 4.90 Å². The average Bonchev–Trinajstić information content (AvgIpc) is 2.59. The summed E-state index contributed by atoms with van der Waals surface area (Å²) >= 11 is 0. The van der Waals surface area contributed by atoms with Gasteiger partial charge < -0.3 is 9.64 Å². The highest BCUT2D eigenvalue weighted by molar-refractivity contribution is 5.87. The van der Waals surface area contributed by atoms with E-state index in [2.05, 4.69) is 0 Å². The van der Waals surface area contributed by atoms with Crippen molar-refractivity contribution >= 4 is 11.9 Å². The number of carbonyl (C=O) groups is 2. The standard InChI is InChI=1S/C14H23NO3/c1-14(2,3)18-13(17)11-8-5-9-15(11)12(16)10-6-4-7-10/h10-11H,4-9H2,1-3H3/t11-/m1/s1. The van der Waals surface area contributed by atoms with Gasteiger partial charge in [-0.25, -0.2) is 4.79 Å². The fourth-order valence-electron chi connectivity index (χ4n) is 2.54. The first kappa shape index (κ1) is 13.4. The first-order chi connectivity index (χ1) is 8.38. The number of hydrogen-bond donors (Lipinski definition) is 0. The van der Waals surface area contributed by atoms with Crippen molar-refractivity contribution in [1.82, 2.24) is 4.90 Å². The van der Waals surface area contributed by atoms with Gasteiger partial charge in [-0.3, -0.25) is 4.79 Å². The Kier molecular flexibility index (Phi) is 3.64. The number of rotatable bonds is 2. The van der Waals surface area contributed by atoms with Crippen LogP contribution in [0.4, 0.5) is 0 Å². The minimum atomic E-state index is -0.481. The fourth-order valence-corrected chi connectivity index (χ4v) is 2.54. The molecule has 2 fully saturated rings. The van der Waals surface area contributed by atoms with E-state index in [0.29, 0.717) is 6.54 Å². The van der Waals surface area contributed by atoms with E-state index < -0.39 is 5.60 Å². The summed E-state index contributed by atoms with van der Waals surface area (Å²) in [6, 6.07) is -0.350. The Bertz CT molecular complexity index is 341. The lowest BCUT2D eigenvalue weighted by molar-refractivity contribution is -0.164. The van der Waals surface area contributed by atoms with Crippen molar-refractivity contribution in [3.8, 4) is 0 Å². The van der Waals surface area contributed by atoms with Gasteiger partial charge in [-0.15, -0.1) is 0 Å². The van der Waals surface area contributed by atoms with Gasteiger partial charge in [0, 0.05) is 12.5 Å². The van der Waals surface area contributed by atoms with E-state index in [0.717, 1.165) is 32.1 Å². The minimum absolute atomic E-state index is 0.160. The third kappa shape index (κ3) is 2.85. The molecule has 102 valence electrons. The third-order valence-electron chi connectivity index (χ3n) is 3.67. The highest BCUT2D eigenvalue weighted by atomic mass is 16.6. The molecule has 0 unspecified atom stereocenters. The molecule has 0 radical (unpaired) electrons. The number of ether oxygens (including phenoxy) is 1. The second-order valence-electron chi connectivity index (χ2n) is 6.35. The number of carbonyl (C=O) groups excluding carboxylic acids is 2. The van der Waals surface area contributed by atoms with Crippen molar-refractivity contribution in [2.75, 3.05) is 6.54 Å². The van der Waals surface area contributed by atoms with Crippen LogP contribution in [0.2, 0.25) is 0 Å². The smallest absolute Gasteiger partial charge is 0.329 e. The molecule has 1 heterocycles. The van der Waals surface area contributed by atoms with Crippen LogP contribution in [0, 0.1) is 5.92 Å². The van der Waals surface area contributed by atoms with Crippen LogP contribution in [0.15, 0.2) is 0 Å². The first-order valence-corrected chi connectivity index (χ1v) is 6.92. The van der Waals surface area contributed by atoms with Crippen molar-refractivity contribution < 1.29 is 14.3 Å². The molecule has 0 N–H and O–H groups in total. The topological polar surface area (TPSA) is 46.6 Å². The molecule has 1 saturated carbocycles. The van der Waals surface area contributed by atoms with E-state index in [-0.39, 0.29) is 23.8 Å².